The summed E-state index contributed by atoms with van der Waals surface area (Å²) >= 11 is 2.24. The second-order valence-corrected chi connectivity index (χ2v) is 5.26. The van der Waals surface area contributed by atoms with Gasteiger partial charge in [0.05, 0.1) is 11.0 Å². The van der Waals surface area contributed by atoms with Crippen molar-refractivity contribution in [3.8, 4) is 17.1 Å². The predicted molar refractivity (Wildman–Crippen MR) is 80.3 cm³/mol. The Morgan fingerprint density at radius 2 is 2.00 bits per heavy atom. The maximum Gasteiger partial charge on any atom is 0.140 e. The zero-order chi connectivity index (χ0) is 12.7. The normalized spacial score (nSPS) is 10.9. The fourth-order valence-electron chi connectivity index (χ4n) is 1.86. The highest BCUT2D eigenvalue weighted by Gasteiger charge is 2.09. The SMILES string of the molecule is Nc1ccc(I)cc1-c1nc2ccc(O)cc2[nH]1. The van der Waals surface area contributed by atoms with E-state index in [9.17, 15) is 5.11 Å². The highest BCUT2D eigenvalue weighted by Crippen LogP contribution is 2.28. The molecule has 1 heterocycles. The zero-order valence-electron chi connectivity index (χ0n) is 9.31. The third kappa shape index (κ3) is 1.90. The summed E-state index contributed by atoms with van der Waals surface area (Å²) in [5.41, 5.74) is 9.11. The van der Waals surface area contributed by atoms with E-state index in [1.54, 1.807) is 18.2 Å². The molecule has 0 aliphatic rings. The van der Waals surface area contributed by atoms with Gasteiger partial charge in [0.15, 0.2) is 0 Å². The number of halogens is 1. The molecule has 5 heteroatoms. The molecule has 1 aromatic heterocycles. The maximum absolute atomic E-state index is 9.44. The molecule has 0 bridgehead atoms. The van der Waals surface area contributed by atoms with Gasteiger partial charge in [0.1, 0.15) is 11.6 Å². The van der Waals surface area contributed by atoms with Crippen LogP contribution in [0, 0.1) is 3.57 Å². The lowest BCUT2D eigenvalue weighted by atomic mass is 10.2. The largest absolute Gasteiger partial charge is 0.508 e. The molecule has 0 unspecified atom stereocenters. The van der Waals surface area contributed by atoms with Crippen molar-refractivity contribution in [3.63, 3.8) is 0 Å². The summed E-state index contributed by atoms with van der Waals surface area (Å²) in [7, 11) is 0. The Kier molecular flexibility index (Phi) is 2.62. The van der Waals surface area contributed by atoms with Gasteiger partial charge < -0.3 is 15.8 Å². The Bertz CT molecular complexity index is 736. The van der Waals surface area contributed by atoms with Crippen molar-refractivity contribution in [2.75, 3.05) is 5.73 Å². The van der Waals surface area contributed by atoms with Crippen molar-refractivity contribution in [2.24, 2.45) is 0 Å². The van der Waals surface area contributed by atoms with Crippen molar-refractivity contribution in [2.45, 2.75) is 0 Å². The molecule has 0 saturated heterocycles. The van der Waals surface area contributed by atoms with Crippen molar-refractivity contribution in [1.29, 1.82) is 0 Å². The molecule has 0 spiro atoms. The lowest BCUT2D eigenvalue weighted by molar-refractivity contribution is 0.476. The first kappa shape index (κ1) is 11.3. The number of nitrogen functional groups attached to an aromatic ring is 1. The third-order valence-corrected chi connectivity index (χ3v) is 3.41. The van der Waals surface area contributed by atoms with Crippen molar-refractivity contribution in [1.82, 2.24) is 9.97 Å². The van der Waals surface area contributed by atoms with Gasteiger partial charge in [-0.05, 0) is 52.9 Å². The highest BCUT2D eigenvalue weighted by molar-refractivity contribution is 14.1. The first-order valence-electron chi connectivity index (χ1n) is 5.37. The quantitative estimate of drug-likeness (QED) is 0.466. The molecule has 4 N–H and O–H groups in total. The second kappa shape index (κ2) is 4.16. The number of benzene rings is 2. The van der Waals surface area contributed by atoms with Crippen LogP contribution < -0.4 is 5.73 Å². The van der Waals surface area contributed by atoms with Crippen LogP contribution >= 0.6 is 22.6 Å². The van der Waals surface area contributed by atoms with E-state index in [1.807, 2.05) is 18.2 Å². The Balaban J connectivity index is 2.22. The molecular formula is C13H10IN3O. The van der Waals surface area contributed by atoms with Gasteiger partial charge in [-0.15, -0.1) is 0 Å². The van der Waals surface area contributed by atoms with Gasteiger partial charge in [-0.2, -0.15) is 0 Å². The number of imidazole rings is 1. The summed E-state index contributed by atoms with van der Waals surface area (Å²) in [6, 6.07) is 10.8. The smallest absolute Gasteiger partial charge is 0.140 e. The number of nitrogens with two attached hydrogens (primary N) is 1. The molecule has 0 fully saturated rings. The number of anilines is 1. The van der Waals surface area contributed by atoms with E-state index in [-0.39, 0.29) is 5.75 Å². The number of hydrogen-bond donors (Lipinski definition) is 3. The Labute approximate surface area is 117 Å². The topological polar surface area (TPSA) is 74.9 Å². The minimum Gasteiger partial charge on any atom is -0.508 e. The van der Waals surface area contributed by atoms with Gasteiger partial charge in [-0.1, -0.05) is 0 Å². The molecule has 0 radical (unpaired) electrons. The first-order valence-corrected chi connectivity index (χ1v) is 6.45. The van der Waals surface area contributed by atoms with Crippen LogP contribution in [0.2, 0.25) is 0 Å². The van der Waals surface area contributed by atoms with Gasteiger partial charge in [0.2, 0.25) is 0 Å². The van der Waals surface area contributed by atoms with E-state index >= 15 is 0 Å². The fourth-order valence-corrected chi connectivity index (χ4v) is 2.35. The van der Waals surface area contributed by atoms with E-state index in [1.165, 1.54) is 0 Å². The Morgan fingerprint density at radius 1 is 1.17 bits per heavy atom. The molecule has 18 heavy (non-hydrogen) atoms. The van der Waals surface area contributed by atoms with Gasteiger partial charge in [-0.3, -0.25) is 0 Å². The van der Waals surface area contributed by atoms with Gasteiger partial charge in [-0.25, -0.2) is 4.98 Å². The number of phenols is 1. The predicted octanol–water partition coefficient (Wildman–Crippen LogP) is 3.12. The van der Waals surface area contributed by atoms with E-state index in [0.717, 1.165) is 20.2 Å². The average Bonchev–Trinajstić information content (AvgIpc) is 2.74. The molecule has 0 aliphatic carbocycles. The molecule has 3 rings (SSSR count). The highest BCUT2D eigenvalue weighted by atomic mass is 127. The van der Waals surface area contributed by atoms with Crippen LogP contribution in [0.15, 0.2) is 36.4 Å². The van der Waals surface area contributed by atoms with Crippen LogP contribution in [0.4, 0.5) is 5.69 Å². The Morgan fingerprint density at radius 3 is 2.83 bits per heavy atom. The number of rotatable bonds is 1. The van der Waals surface area contributed by atoms with E-state index in [0.29, 0.717) is 11.5 Å². The Hall–Kier alpha value is -1.76. The lowest BCUT2D eigenvalue weighted by Gasteiger charge is -2.02. The number of nitrogens with zero attached hydrogens (tertiary/aromatic N) is 1. The number of H-pyrrole nitrogens is 1. The monoisotopic (exact) mass is 351 g/mol. The summed E-state index contributed by atoms with van der Waals surface area (Å²) in [4.78, 5) is 7.64. The van der Waals surface area contributed by atoms with Crippen molar-refractivity contribution in [3.05, 3.63) is 40.0 Å². The molecular weight excluding hydrogens is 341 g/mol. The molecule has 3 aromatic rings. The average molecular weight is 351 g/mol. The van der Waals surface area contributed by atoms with Crippen LogP contribution in [0.1, 0.15) is 0 Å². The van der Waals surface area contributed by atoms with E-state index < -0.39 is 0 Å². The van der Waals surface area contributed by atoms with Crippen LogP contribution in [0.25, 0.3) is 22.4 Å². The summed E-state index contributed by atoms with van der Waals surface area (Å²) in [5.74, 6) is 0.930. The summed E-state index contributed by atoms with van der Waals surface area (Å²) in [6.45, 7) is 0. The van der Waals surface area contributed by atoms with Gasteiger partial charge in [0, 0.05) is 20.9 Å². The van der Waals surface area contributed by atoms with Crippen LogP contribution in [-0.2, 0) is 0 Å². The molecule has 4 nitrogen and oxygen atoms in total. The van der Waals surface area contributed by atoms with E-state index in [2.05, 4.69) is 32.6 Å². The minimum atomic E-state index is 0.216. The number of fused-ring (bicyclic) bond motifs is 1. The van der Waals surface area contributed by atoms with Crippen LogP contribution in [0.3, 0.4) is 0 Å². The summed E-state index contributed by atoms with van der Waals surface area (Å²) in [5, 5.41) is 9.44. The molecule has 90 valence electrons. The number of aromatic amines is 1. The number of aromatic nitrogens is 2. The number of hydrogen-bond acceptors (Lipinski definition) is 3. The summed E-state index contributed by atoms with van der Waals surface area (Å²) < 4.78 is 1.10. The van der Waals surface area contributed by atoms with Crippen molar-refractivity contribution < 1.29 is 5.11 Å². The molecule has 0 saturated carbocycles. The molecule has 0 atom stereocenters. The number of nitrogens with one attached hydrogen (secondary N) is 1. The molecule has 0 amide bonds. The first-order chi connectivity index (χ1) is 8.63. The molecule has 2 aromatic carbocycles. The second-order valence-electron chi connectivity index (χ2n) is 4.02. The minimum absolute atomic E-state index is 0.216. The maximum atomic E-state index is 9.44. The molecule has 0 aliphatic heterocycles. The number of aromatic hydroxyl groups is 1. The van der Waals surface area contributed by atoms with Crippen LogP contribution in [-0.4, -0.2) is 15.1 Å². The fraction of sp³-hybridized carbons (Fsp3) is 0. The summed E-state index contributed by atoms with van der Waals surface area (Å²) in [6.07, 6.45) is 0. The van der Waals surface area contributed by atoms with Gasteiger partial charge in [0.25, 0.3) is 0 Å². The van der Waals surface area contributed by atoms with Gasteiger partial charge >= 0.3 is 0 Å². The standard InChI is InChI=1S/C13H10IN3O/c14-7-1-3-10(15)9(5-7)13-16-11-4-2-8(18)6-12(11)17-13/h1-6,18H,15H2,(H,16,17). The third-order valence-electron chi connectivity index (χ3n) is 2.74. The zero-order valence-corrected chi connectivity index (χ0v) is 11.5. The van der Waals surface area contributed by atoms with E-state index in [4.69, 9.17) is 5.73 Å². The lowest BCUT2D eigenvalue weighted by Crippen LogP contribution is -1.91. The van der Waals surface area contributed by atoms with Crippen LogP contribution in [0.5, 0.6) is 5.75 Å². The van der Waals surface area contributed by atoms with Crippen molar-refractivity contribution >= 4 is 39.3 Å². The number of phenolic OH excluding ortho intramolecular Hbond substituents is 1.